The summed E-state index contributed by atoms with van der Waals surface area (Å²) in [5, 5.41) is 2.98. The molecule has 142 valence electrons. The maximum atomic E-state index is 12.3. The Morgan fingerprint density at radius 2 is 2.00 bits per heavy atom. The van der Waals surface area contributed by atoms with Crippen molar-refractivity contribution in [1.29, 1.82) is 0 Å². The fourth-order valence-electron chi connectivity index (χ4n) is 3.16. The molecule has 3 aromatic rings. The van der Waals surface area contributed by atoms with Crippen LogP contribution in [0.15, 0.2) is 42.6 Å². The summed E-state index contributed by atoms with van der Waals surface area (Å²) >= 11 is 0. The minimum atomic E-state index is -0.101. The third-order valence-electron chi connectivity index (χ3n) is 4.71. The number of hydrogen-bond acceptors (Lipinski definition) is 3. The number of rotatable bonds is 7. The number of imidazole rings is 1. The molecule has 0 aliphatic heterocycles. The number of hydrogen-bond donors (Lipinski definition) is 1. The van der Waals surface area contributed by atoms with Crippen LogP contribution >= 0.6 is 0 Å². The van der Waals surface area contributed by atoms with Crippen molar-refractivity contribution < 1.29 is 4.79 Å². The molecule has 0 bridgehead atoms. The van der Waals surface area contributed by atoms with E-state index >= 15 is 0 Å². The average molecular weight is 365 g/mol. The predicted molar refractivity (Wildman–Crippen MR) is 108 cm³/mol. The third-order valence-corrected chi connectivity index (χ3v) is 4.71. The predicted octanol–water partition coefficient (Wildman–Crippen LogP) is 3.40. The number of nitrogens with one attached hydrogen (secondary N) is 1. The second kappa shape index (κ2) is 8.66. The molecule has 6 heteroatoms. The molecule has 3 rings (SSSR count). The van der Waals surface area contributed by atoms with Crippen LogP contribution in [0.3, 0.4) is 0 Å². The number of urea groups is 1. The van der Waals surface area contributed by atoms with Crippen LogP contribution in [-0.4, -0.2) is 39.1 Å². The van der Waals surface area contributed by atoms with Crippen LogP contribution in [0.1, 0.15) is 30.9 Å². The lowest BCUT2D eigenvalue weighted by molar-refractivity contribution is 0.206. The smallest absolute Gasteiger partial charge is 0.317 e. The van der Waals surface area contributed by atoms with E-state index in [1.807, 2.05) is 30.5 Å². The van der Waals surface area contributed by atoms with Gasteiger partial charge in [-0.1, -0.05) is 25.1 Å². The Balaban J connectivity index is 1.54. The fraction of sp³-hybridized carbons (Fsp3) is 0.381. The highest BCUT2D eigenvalue weighted by Gasteiger charge is 2.12. The van der Waals surface area contributed by atoms with E-state index in [1.165, 1.54) is 5.56 Å². The molecular formula is C21H27N5O. The van der Waals surface area contributed by atoms with Gasteiger partial charge in [0.15, 0.2) is 0 Å². The van der Waals surface area contributed by atoms with Gasteiger partial charge < -0.3 is 14.8 Å². The van der Waals surface area contributed by atoms with Crippen LogP contribution in [-0.2, 0) is 25.9 Å². The second-order valence-corrected chi connectivity index (χ2v) is 6.61. The number of carbonyl (C=O) groups is 1. The lowest BCUT2D eigenvalue weighted by atomic mass is 10.2. The first-order valence-corrected chi connectivity index (χ1v) is 9.49. The van der Waals surface area contributed by atoms with E-state index in [9.17, 15) is 4.79 Å². The summed E-state index contributed by atoms with van der Waals surface area (Å²) in [6, 6.07) is 12.1. The summed E-state index contributed by atoms with van der Waals surface area (Å²) in [6.45, 7) is 6.12. The highest BCUT2D eigenvalue weighted by molar-refractivity contribution is 5.76. The Hall–Kier alpha value is -2.89. The van der Waals surface area contributed by atoms with Gasteiger partial charge in [0.1, 0.15) is 5.82 Å². The molecule has 0 saturated carbocycles. The molecule has 0 aliphatic carbocycles. The summed E-state index contributed by atoms with van der Waals surface area (Å²) in [7, 11) is 1.78. The van der Waals surface area contributed by atoms with Gasteiger partial charge in [-0.2, -0.15) is 0 Å². The molecule has 0 aliphatic rings. The molecule has 1 N–H and O–H groups in total. The fourth-order valence-corrected chi connectivity index (χ4v) is 3.16. The number of nitrogens with zero attached hydrogens (tertiary/aromatic N) is 4. The maximum Gasteiger partial charge on any atom is 0.317 e. The Morgan fingerprint density at radius 1 is 1.19 bits per heavy atom. The zero-order valence-corrected chi connectivity index (χ0v) is 16.3. The van der Waals surface area contributed by atoms with E-state index in [1.54, 1.807) is 11.9 Å². The Kier molecular flexibility index (Phi) is 6.06. The summed E-state index contributed by atoms with van der Waals surface area (Å²) in [5.41, 5.74) is 4.22. The average Bonchev–Trinajstić information content (AvgIpc) is 3.05. The molecule has 2 aromatic heterocycles. The number of pyridine rings is 1. The zero-order valence-electron chi connectivity index (χ0n) is 16.3. The molecule has 0 spiro atoms. The van der Waals surface area contributed by atoms with E-state index in [2.05, 4.69) is 40.8 Å². The normalized spacial score (nSPS) is 10.9. The second-order valence-electron chi connectivity index (χ2n) is 6.61. The van der Waals surface area contributed by atoms with Crippen molar-refractivity contribution >= 4 is 17.1 Å². The molecule has 2 heterocycles. The number of aryl methyl sites for hydroxylation is 2. The number of fused-ring (bicyclic) bond motifs is 1. The van der Waals surface area contributed by atoms with E-state index in [4.69, 9.17) is 4.98 Å². The molecule has 0 radical (unpaired) electrons. The van der Waals surface area contributed by atoms with Crippen LogP contribution in [0, 0.1) is 0 Å². The Labute approximate surface area is 160 Å². The minimum absolute atomic E-state index is 0.101. The number of para-hydroxylation sites is 2. The number of amides is 2. The van der Waals surface area contributed by atoms with Gasteiger partial charge in [-0.25, -0.2) is 9.78 Å². The molecule has 0 atom stereocenters. The van der Waals surface area contributed by atoms with Crippen LogP contribution in [0.2, 0.25) is 0 Å². The third kappa shape index (κ3) is 4.45. The van der Waals surface area contributed by atoms with Gasteiger partial charge in [0, 0.05) is 32.8 Å². The number of benzene rings is 1. The van der Waals surface area contributed by atoms with E-state index < -0.39 is 0 Å². The molecule has 2 amide bonds. The molecule has 1 aromatic carbocycles. The topological polar surface area (TPSA) is 63.1 Å². The molecule has 27 heavy (non-hydrogen) atoms. The first-order chi connectivity index (χ1) is 13.1. The lowest BCUT2D eigenvalue weighted by Gasteiger charge is -2.17. The van der Waals surface area contributed by atoms with Gasteiger partial charge >= 0.3 is 6.03 Å². The van der Waals surface area contributed by atoms with Crippen LogP contribution in [0.5, 0.6) is 0 Å². The molecule has 6 nitrogen and oxygen atoms in total. The van der Waals surface area contributed by atoms with Crippen LogP contribution in [0.4, 0.5) is 4.79 Å². The highest BCUT2D eigenvalue weighted by atomic mass is 16.2. The van der Waals surface area contributed by atoms with E-state index in [-0.39, 0.29) is 6.03 Å². The summed E-state index contributed by atoms with van der Waals surface area (Å²) in [4.78, 5) is 23.1. The first-order valence-electron chi connectivity index (χ1n) is 9.49. The highest BCUT2D eigenvalue weighted by Crippen LogP contribution is 2.16. The Morgan fingerprint density at radius 3 is 2.70 bits per heavy atom. The number of aromatic nitrogens is 3. The quantitative estimate of drug-likeness (QED) is 0.698. The van der Waals surface area contributed by atoms with E-state index in [0.29, 0.717) is 19.5 Å². The lowest BCUT2D eigenvalue weighted by Crippen LogP contribution is -2.38. The van der Waals surface area contributed by atoms with Gasteiger partial charge in [-0.05, 0) is 37.1 Å². The largest absolute Gasteiger partial charge is 0.338 e. The summed E-state index contributed by atoms with van der Waals surface area (Å²) in [6.07, 6.45) is 3.54. The van der Waals surface area contributed by atoms with Gasteiger partial charge in [0.05, 0.1) is 23.3 Å². The first kappa shape index (κ1) is 18.9. The SMILES string of the molecule is CCc1ccc(CN(C)C(=O)NCCc2nc3ccccc3n2CC)nc1. The van der Waals surface area contributed by atoms with Crippen molar-refractivity contribution in [3.05, 3.63) is 59.7 Å². The van der Waals surface area contributed by atoms with Crippen molar-refractivity contribution in [2.75, 3.05) is 13.6 Å². The van der Waals surface area contributed by atoms with Crippen molar-refractivity contribution in [3.8, 4) is 0 Å². The van der Waals surface area contributed by atoms with Crippen molar-refractivity contribution in [2.24, 2.45) is 0 Å². The zero-order chi connectivity index (χ0) is 19.2. The van der Waals surface area contributed by atoms with Crippen LogP contribution < -0.4 is 5.32 Å². The van der Waals surface area contributed by atoms with Gasteiger partial charge in [-0.15, -0.1) is 0 Å². The molecule has 0 fully saturated rings. The summed E-state index contributed by atoms with van der Waals surface area (Å²) in [5.74, 6) is 0.999. The van der Waals surface area contributed by atoms with Gasteiger partial charge in [0.2, 0.25) is 0 Å². The minimum Gasteiger partial charge on any atom is -0.338 e. The number of carbonyl (C=O) groups excluding carboxylic acids is 1. The van der Waals surface area contributed by atoms with Crippen molar-refractivity contribution in [1.82, 2.24) is 24.8 Å². The van der Waals surface area contributed by atoms with Gasteiger partial charge in [0.25, 0.3) is 0 Å². The van der Waals surface area contributed by atoms with Crippen LogP contribution in [0.25, 0.3) is 11.0 Å². The van der Waals surface area contributed by atoms with E-state index in [0.717, 1.165) is 35.5 Å². The standard InChI is InChI=1S/C21H27N5O/c1-4-16-10-11-17(23-14-16)15-25(3)21(27)22-13-12-20-24-18-8-6-7-9-19(18)26(20)5-2/h6-11,14H,4-5,12-13,15H2,1-3H3,(H,22,27). The molecule has 0 unspecified atom stereocenters. The van der Waals surface area contributed by atoms with Crippen molar-refractivity contribution in [2.45, 2.75) is 39.8 Å². The monoisotopic (exact) mass is 365 g/mol. The maximum absolute atomic E-state index is 12.3. The molecular weight excluding hydrogens is 338 g/mol. The van der Waals surface area contributed by atoms with Gasteiger partial charge in [-0.3, -0.25) is 4.98 Å². The Bertz CT molecular complexity index is 901. The molecule has 0 saturated heterocycles. The van der Waals surface area contributed by atoms with Crippen molar-refractivity contribution in [3.63, 3.8) is 0 Å². The summed E-state index contributed by atoms with van der Waals surface area (Å²) < 4.78 is 2.20.